The second-order valence-electron chi connectivity index (χ2n) is 10.6. The van der Waals surface area contributed by atoms with E-state index in [2.05, 4.69) is 130 Å². The van der Waals surface area contributed by atoms with Crippen molar-refractivity contribution in [2.45, 2.75) is 39.2 Å². The predicted molar refractivity (Wildman–Crippen MR) is 157 cm³/mol. The minimum atomic E-state index is -0.455. The highest BCUT2D eigenvalue weighted by molar-refractivity contribution is 5.95. The van der Waals surface area contributed by atoms with Crippen molar-refractivity contribution in [3.63, 3.8) is 0 Å². The Morgan fingerprint density at radius 1 is 0.605 bits per heavy atom. The van der Waals surface area contributed by atoms with Gasteiger partial charge in [-0.1, -0.05) is 86.6 Å². The molecule has 0 N–H and O–H groups in total. The summed E-state index contributed by atoms with van der Waals surface area (Å²) in [6, 6.07) is 39.7. The van der Waals surface area contributed by atoms with E-state index in [9.17, 15) is 0 Å². The molecule has 190 valence electrons. The van der Waals surface area contributed by atoms with E-state index < -0.39 is 5.41 Å². The molecule has 2 nitrogen and oxygen atoms in total. The number of hydrogen-bond acceptors (Lipinski definition) is 2. The number of hydrogen-bond donors (Lipinski definition) is 0. The molecule has 5 aromatic rings. The summed E-state index contributed by atoms with van der Waals surface area (Å²) in [4.78, 5) is 0. The molecule has 0 spiro atoms. The summed E-state index contributed by atoms with van der Waals surface area (Å²) in [6.45, 7) is 9.19. The van der Waals surface area contributed by atoms with E-state index in [1.54, 1.807) is 0 Å². The van der Waals surface area contributed by atoms with Gasteiger partial charge in [-0.3, -0.25) is 0 Å². The summed E-state index contributed by atoms with van der Waals surface area (Å²) < 4.78 is 12.1. The molecule has 2 atom stereocenters. The van der Waals surface area contributed by atoms with Gasteiger partial charge in [-0.2, -0.15) is 0 Å². The summed E-state index contributed by atoms with van der Waals surface area (Å²) in [6.07, 6.45) is 0.153. The van der Waals surface area contributed by atoms with Gasteiger partial charge in [-0.25, -0.2) is 0 Å². The third kappa shape index (κ3) is 3.87. The average Bonchev–Trinajstić information content (AvgIpc) is 3.23. The van der Waals surface area contributed by atoms with Crippen LogP contribution in [0.5, 0.6) is 11.5 Å². The zero-order valence-electron chi connectivity index (χ0n) is 22.6. The zero-order chi connectivity index (χ0) is 26.3. The Hall–Kier alpha value is -4.04. The topological polar surface area (TPSA) is 18.5 Å². The molecule has 0 aliphatic heterocycles. The number of benzene rings is 5. The molecule has 2 unspecified atom stereocenters. The third-order valence-corrected chi connectivity index (χ3v) is 8.06. The fourth-order valence-electron chi connectivity index (χ4n) is 5.85. The lowest BCUT2D eigenvalue weighted by Gasteiger charge is -2.34. The Morgan fingerprint density at radius 2 is 1.18 bits per heavy atom. The van der Waals surface area contributed by atoms with Gasteiger partial charge in [0.25, 0.3) is 0 Å². The van der Waals surface area contributed by atoms with Gasteiger partial charge in [0, 0.05) is 0 Å². The number of ether oxygens (including phenoxy) is 2. The standard InChI is InChI=1S/C36H34O2/c1-5-37-30-18-14-28(15-19-30)36(29-16-20-31(21-17-29)38-25(4)24(2)3)34-13-9-8-12-32(34)33-22-26-10-6-7-11-27(26)23-35(33)36/h6-25H,5H2,1-4H3. The minimum Gasteiger partial charge on any atom is -0.494 e. The van der Waals surface area contributed by atoms with Gasteiger partial charge in [0.1, 0.15) is 11.5 Å². The van der Waals surface area contributed by atoms with Crippen LogP contribution in [0.2, 0.25) is 0 Å². The van der Waals surface area contributed by atoms with Crippen molar-refractivity contribution in [1.82, 2.24) is 0 Å². The average molecular weight is 499 g/mol. The van der Waals surface area contributed by atoms with E-state index in [1.807, 2.05) is 6.92 Å². The smallest absolute Gasteiger partial charge is 0.119 e. The quantitative estimate of drug-likeness (QED) is 0.219. The molecule has 0 amide bonds. The van der Waals surface area contributed by atoms with E-state index in [4.69, 9.17) is 9.47 Å². The van der Waals surface area contributed by atoms with Gasteiger partial charge in [0.05, 0.1) is 18.1 Å². The molecule has 0 radical (unpaired) electrons. The second-order valence-corrected chi connectivity index (χ2v) is 10.6. The Balaban J connectivity index is 1.62. The van der Waals surface area contributed by atoms with Crippen LogP contribution in [-0.4, -0.2) is 12.7 Å². The van der Waals surface area contributed by atoms with Gasteiger partial charge in [0.2, 0.25) is 0 Å². The van der Waals surface area contributed by atoms with Crippen molar-refractivity contribution in [2.75, 3.05) is 6.61 Å². The highest BCUT2D eigenvalue weighted by Gasteiger charge is 2.46. The summed E-state index contributed by atoms with van der Waals surface area (Å²) in [7, 11) is 0. The number of fused-ring (bicyclic) bond motifs is 4. The highest BCUT2D eigenvalue weighted by Crippen LogP contribution is 2.57. The van der Waals surface area contributed by atoms with Crippen LogP contribution in [0.25, 0.3) is 21.9 Å². The van der Waals surface area contributed by atoms with Crippen molar-refractivity contribution in [3.8, 4) is 22.6 Å². The Morgan fingerprint density at radius 3 is 1.82 bits per heavy atom. The summed E-state index contributed by atoms with van der Waals surface area (Å²) in [5.74, 6) is 2.25. The molecular weight excluding hydrogens is 464 g/mol. The molecule has 0 bridgehead atoms. The van der Waals surface area contributed by atoms with E-state index in [1.165, 1.54) is 44.2 Å². The molecular formula is C36H34O2. The lowest BCUT2D eigenvalue weighted by molar-refractivity contribution is 0.170. The van der Waals surface area contributed by atoms with Crippen LogP contribution >= 0.6 is 0 Å². The third-order valence-electron chi connectivity index (χ3n) is 8.06. The molecule has 0 fully saturated rings. The molecule has 0 aromatic heterocycles. The Kier molecular flexibility index (Phi) is 6.19. The van der Waals surface area contributed by atoms with Crippen LogP contribution in [-0.2, 0) is 5.41 Å². The van der Waals surface area contributed by atoms with Gasteiger partial charge in [-0.15, -0.1) is 0 Å². The van der Waals surface area contributed by atoms with E-state index in [-0.39, 0.29) is 6.10 Å². The molecule has 0 saturated heterocycles. The van der Waals surface area contributed by atoms with Crippen molar-refractivity contribution in [3.05, 3.63) is 131 Å². The summed E-state index contributed by atoms with van der Waals surface area (Å²) >= 11 is 0. The largest absolute Gasteiger partial charge is 0.494 e. The predicted octanol–water partition coefficient (Wildman–Crippen LogP) is 9.02. The molecule has 5 aromatic carbocycles. The molecule has 2 heteroatoms. The zero-order valence-corrected chi connectivity index (χ0v) is 22.6. The van der Waals surface area contributed by atoms with E-state index in [0.717, 1.165) is 11.5 Å². The normalized spacial score (nSPS) is 16.8. The fraction of sp³-hybridized carbons (Fsp3) is 0.222. The van der Waals surface area contributed by atoms with Gasteiger partial charge in [0.15, 0.2) is 0 Å². The Labute approximate surface area is 225 Å². The van der Waals surface area contributed by atoms with Gasteiger partial charge >= 0.3 is 0 Å². The lowest BCUT2D eigenvalue weighted by Crippen LogP contribution is -2.28. The maximum absolute atomic E-state index is 6.25. The maximum atomic E-state index is 6.25. The lowest BCUT2D eigenvalue weighted by atomic mass is 9.67. The first kappa shape index (κ1) is 24.3. The summed E-state index contributed by atoms with van der Waals surface area (Å²) in [5, 5.41) is 2.51. The van der Waals surface area contributed by atoms with Crippen molar-refractivity contribution in [1.29, 1.82) is 0 Å². The monoisotopic (exact) mass is 498 g/mol. The molecule has 38 heavy (non-hydrogen) atoms. The van der Waals surface area contributed by atoms with Crippen molar-refractivity contribution < 1.29 is 9.47 Å². The highest BCUT2D eigenvalue weighted by atomic mass is 16.5. The van der Waals surface area contributed by atoms with Crippen molar-refractivity contribution >= 4 is 10.8 Å². The first-order chi connectivity index (χ1) is 18.5. The first-order valence-corrected chi connectivity index (χ1v) is 13.7. The second kappa shape index (κ2) is 9.68. The number of rotatable bonds is 7. The van der Waals surface area contributed by atoms with Gasteiger partial charge in [-0.05, 0) is 100 Å². The fourth-order valence-corrected chi connectivity index (χ4v) is 5.85. The minimum absolute atomic E-state index is 0.153. The molecule has 0 saturated carbocycles. The molecule has 6 rings (SSSR count). The first-order valence-electron chi connectivity index (χ1n) is 13.7. The van der Waals surface area contributed by atoms with E-state index >= 15 is 0 Å². The molecule has 1 aliphatic carbocycles. The summed E-state index contributed by atoms with van der Waals surface area (Å²) in [5.41, 5.74) is 7.20. The SMILES string of the molecule is CCOc1ccc(C2(c3ccc(OC(C)C(C)C)cc3)c3ccccc3-c3cc4ccccc4cc32)cc1. The Bertz CT molecular complexity index is 1580. The van der Waals surface area contributed by atoms with E-state index in [0.29, 0.717) is 12.5 Å². The molecule has 0 heterocycles. The van der Waals surface area contributed by atoms with Crippen molar-refractivity contribution in [2.24, 2.45) is 5.92 Å². The van der Waals surface area contributed by atoms with Crippen LogP contribution in [0.3, 0.4) is 0 Å². The van der Waals surface area contributed by atoms with Crippen LogP contribution in [0.15, 0.2) is 109 Å². The van der Waals surface area contributed by atoms with Crippen LogP contribution in [0.4, 0.5) is 0 Å². The van der Waals surface area contributed by atoms with Crippen LogP contribution in [0, 0.1) is 5.92 Å². The van der Waals surface area contributed by atoms with Gasteiger partial charge < -0.3 is 9.47 Å². The molecule has 1 aliphatic rings. The van der Waals surface area contributed by atoms with Crippen LogP contribution < -0.4 is 9.47 Å². The van der Waals surface area contributed by atoms with Crippen LogP contribution in [0.1, 0.15) is 49.9 Å². The maximum Gasteiger partial charge on any atom is 0.119 e.